The SMILES string of the molecule is Nc1ccc(OC(F)(F)F)c(C[SH](=O)=O)c1. The molecular weight excluding hydrogens is 247 g/mol. The first-order chi connectivity index (χ1) is 7.28. The molecule has 0 heterocycles. The number of hydrogen-bond acceptors (Lipinski definition) is 4. The lowest BCUT2D eigenvalue weighted by atomic mass is 10.2. The maximum absolute atomic E-state index is 12.0. The topological polar surface area (TPSA) is 69.4 Å². The van der Waals surface area contributed by atoms with Crippen LogP contribution in [0.4, 0.5) is 18.9 Å². The van der Waals surface area contributed by atoms with Crippen LogP contribution < -0.4 is 10.5 Å². The summed E-state index contributed by atoms with van der Waals surface area (Å²) in [5.41, 5.74) is 5.38. The summed E-state index contributed by atoms with van der Waals surface area (Å²) >= 11 is 0. The van der Waals surface area contributed by atoms with Gasteiger partial charge in [-0.25, -0.2) is 8.42 Å². The largest absolute Gasteiger partial charge is 0.573 e. The average Bonchev–Trinajstić information content (AvgIpc) is 2.06. The second-order valence-corrected chi connectivity index (χ2v) is 3.89. The van der Waals surface area contributed by atoms with Crippen molar-refractivity contribution in [2.75, 3.05) is 5.73 Å². The van der Waals surface area contributed by atoms with Crippen LogP contribution in [0.3, 0.4) is 0 Å². The number of alkyl halides is 3. The summed E-state index contributed by atoms with van der Waals surface area (Å²) in [5.74, 6) is -1.10. The Morgan fingerprint density at radius 2 is 1.94 bits per heavy atom. The predicted molar refractivity (Wildman–Crippen MR) is 51.6 cm³/mol. The van der Waals surface area contributed by atoms with Gasteiger partial charge < -0.3 is 10.5 Å². The van der Waals surface area contributed by atoms with Gasteiger partial charge in [0.1, 0.15) is 16.5 Å². The van der Waals surface area contributed by atoms with E-state index < -0.39 is 28.6 Å². The molecule has 0 amide bonds. The molecule has 8 heteroatoms. The van der Waals surface area contributed by atoms with Gasteiger partial charge in [-0.1, -0.05) is 0 Å². The summed E-state index contributed by atoms with van der Waals surface area (Å²) in [6, 6.07) is 3.31. The van der Waals surface area contributed by atoms with Crippen molar-refractivity contribution in [3.63, 3.8) is 0 Å². The van der Waals surface area contributed by atoms with E-state index >= 15 is 0 Å². The van der Waals surface area contributed by atoms with Crippen molar-refractivity contribution in [1.29, 1.82) is 0 Å². The number of hydrogen-bond donors (Lipinski definition) is 2. The normalized spacial score (nSPS) is 11.8. The van der Waals surface area contributed by atoms with Crippen molar-refractivity contribution in [2.24, 2.45) is 0 Å². The summed E-state index contributed by atoms with van der Waals surface area (Å²) < 4.78 is 60.4. The zero-order valence-corrected chi connectivity index (χ0v) is 8.72. The highest BCUT2D eigenvalue weighted by Gasteiger charge is 2.32. The summed E-state index contributed by atoms with van der Waals surface area (Å²) in [5, 5.41) is 0. The molecule has 0 unspecified atom stereocenters. The Labute approximate surface area is 90.8 Å². The molecule has 0 spiro atoms. The van der Waals surface area contributed by atoms with Gasteiger partial charge in [-0.05, 0) is 18.2 Å². The van der Waals surface area contributed by atoms with Crippen LogP contribution in [-0.2, 0) is 16.5 Å². The molecule has 1 aromatic rings. The van der Waals surface area contributed by atoms with Gasteiger partial charge in [0.25, 0.3) is 0 Å². The van der Waals surface area contributed by atoms with Gasteiger partial charge >= 0.3 is 6.36 Å². The van der Waals surface area contributed by atoms with Crippen LogP contribution in [0.2, 0.25) is 0 Å². The van der Waals surface area contributed by atoms with E-state index in [9.17, 15) is 21.6 Å². The highest BCUT2D eigenvalue weighted by atomic mass is 32.2. The molecule has 0 aliphatic heterocycles. The first kappa shape index (κ1) is 12.6. The van der Waals surface area contributed by atoms with Gasteiger partial charge in [-0.3, -0.25) is 0 Å². The van der Waals surface area contributed by atoms with E-state index in [4.69, 9.17) is 5.73 Å². The summed E-state index contributed by atoms with van der Waals surface area (Å²) in [6.07, 6.45) is -4.86. The minimum absolute atomic E-state index is 0.117. The lowest BCUT2D eigenvalue weighted by molar-refractivity contribution is -0.274. The van der Waals surface area contributed by atoms with Crippen LogP contribution in [0.15, 0.2) is 18.2 Å². The third-order valence-electron chi connectivity index (χ3n) is 1.61. The Balaban J connectivity index is 3.07. The fraction of sp³-hybridized carbons (Fsp3) is 0.250. The highest BCUT2D eigenvalue weighted by molar-refractivity contribution is 7.71. The smallest absolute Gasteiger partial charge is 0.405 e. The van der Waals surface area contributed by atoms with Gasteiger partial charge in [-0.2, -0.15) is 0 Å². The van der Waals surface area contributed by atoms with E-state index in [1.165, 1.54) is 6.07 Å². The second-order valence-electron chi connectivity index (χ2n) is 2.91. The van der Waals surface area contributed by atoms with Gasteiger partial charge in [0.05, 0.1) is 5.75 Å². The summed E-state index contributed by atoms with van der Waals surface area (Å²) in [6.45, 7) is 0. The molecule has 0 saturated carbocycles. The third-order valence-corrected chi connectivity index (χ3v) is 2.21. The Morgan fingerprint density at radius 1 is 1.31 bits per heavy atom. The van der Waals surface area contributed by atoms with E-state index in [-0.39, 0.29) is 11.3 Å². The standard InChI is InChI=1S/C8H8F3NO3S/c9-8(10,11)15-7-2-1-6(12)3-5(7)4-16(13)14/h1-3,16H,4,12H2. The number of rotatable bonds is 3. The molecule has 0 saturated heterocycles. The first-order valence-electron chi connectivity index (χ1n) is 4.04. The van der Waals surface area contributed by atoms with Crippen molar-refractivity contribution >= 4 is 16.4 Å². The summed E-state index contributed by atoms with van der Waals surface area (Å²) in [4.78, 5) is 0. The summed E-state index contributed by atoms with van der Waals surface area (Å²) in [7, 11) is -2.85. The highest BCUT2D eigenvalue weighted by Crippen LogP contribution is 2.28. The Kier molecular flexibility index (Phi) is 3.63. The van der Waals surface area contributed by atoms with Crippen LogP contribution in [0.1, 0.15) is 5.56 Å². The number of anilines is 1. The Morgan fingerprint density at radius 3 is 2.44 bits per heavy atom. The fourth-order valence-corrected chi connectivity index (χ4v) is 1.61. The lowest BCUT2D eigenvalue weighted by Crippen LogP contribution is -2.18. The molecule has 0 aromatic heterocycles. The van der Waals surface area contributed by atoms with Crippen LogP contribution >= 0.6 is 0 Å². The molecule has 0 fully saturated rings. The van der Waals surface area contributed by atoms with Crippen LogP contribution in [0.25, 0.3) is 0 Å². The Bertz CT molecular complexity index is 448. The van der Waals surface area contributed by atoms with Crippen molar-refractivity contribution < 1.29 is 26.3 Å². The molecule has 1 rings (SSSR count). The number of thiol groups is 1. The van der Waals surface area contributed by atoms with Gasteiger partial charge in [0, 0.05) is 11.3 Å². The first-order valence-corrected chi connectivity index (χ1v) is 5.40. The van der Waals surface area contributed by atoms with E-state index in [1.54, 1.807) is 0 Å². The maximum atomic E-state index is 12.0. The lowest BCUT2D eigenvalue weighted by Gasteiger charge is -2.12. The number of benzene rings is 1. The van der Waals surface area contributed by atoms with Crippen LogP contribution in [0.5, 0.6) is 5.75 Å². The molecule has 1 aromatic carbocycles. The maximum Gasteiger partial charge on any atom is 0.573 e. The molecule has 2 N–H and O–H groups in total. The second kappa shape index (κ2) is 4.60. The number of ether oxygens (including phenoxy) is 1. The minimum atomic E-state index is -4.86. The van der Waals surface area contributed by atoms with Crippen molar-refractivity contribution in [2.45, 2.75) is 12.1 Å². The molecule has 90 valence electrons. The van der Waals surface area contributed by atoms with Gasteiger partial charge in [-0.15, -0.1) is 13.2 Å². The molecule has 4 nitrogen and oxygen atoms in total. The minimum Gasteiger partial charge on any atom is -0.405 e. The van der Waals surface area contributed by atoms with Crippen molar-refractivity contribution in [1.82, 2.24) is 0 Å². The molecule has 0 aliphatic rings. The number of nitrogens with two attached hydrogens (primary N) is 1. The van der Waals surface area contributed by atoms with Crippen molar-refractivity contribution in [3.8, 4) is 5.75 Å². The van der Waals surface area contributed by atoms with Gasteiger partial charge in [0.15, 0.2) is 0 Å². The number of nitrogen functional groups attached to an aromatic ring is 1. The predicted octanol–water partition coefficient (Wildman–Crippen LogP) is 1.28. The number of halogens is 3. The van der Waals surface area contributed by atoms with E-state index in [2.05, 4.69) is 4.74 Å². The van der Waals surface area contributed by atoms with E-state index in [0.29, 0.717) is 0 Å². The molecule has 0 atom stereocenters. The van der Waals surface area contributed by atoms with Crippen LogP contribution in [0, 0.1) is 0 Å². The average molecular weight is 255 g/mol. The van der Waals surface area contributed by atoms with E-state index in [0.717, 1.165) is 12.1 Å². The third kappa shape index (κ3) is 3.97. The molecule has 0 radical (unpaired) electrons. The van der Waals surface area contributed by atoms with Gasteiger partial charge in [0.2, 0.25) is 0 Å². The molecule has 16 heavy (non-hydrogen) atoms. The Hall–Kier alpha value is -1.44. The molecule has 0 aliphatic carbocycles. The quantitative estimate of drug-likeness (QED) is 0.630. The van der Waals surface area contributed by atoms with E-state index in [1.807, 2.05) is 0 Å². The molecular formula is C8H8F3NO3S. The zero-order chi connectivity index (χ0) is 12.3. The zero-order valence-electron chi connectivity index (χ0n) is 7.82. The molecule has 0 bridgehead atoms. The monoisotopic (exact) mass is 255 g/mol. The van der Waals surface area contributed by atoms with Crippen LogP contribution in [-0.4, -0.2) is 14.8 Å². The fourth-order valence-electron chi connectivity index (χ4n) is 1.09. The van der Waals surface area contributed by atoms with Crippen molar-refractivity contribution in [3.05, 3.63) is 23.8 Å².